The van der Waals surface area contributed by atoms with Crippen molar-refractivity contribution in [3.63, 3.8) is 0 Å². The van der Waals surface area contributed by atoms with Crippen molar-refractivity contribution in [1.29, 1.82) is 0 Å². The molecule has 0 unspecified atom stereocenters. The highest BCUT2D eigenvalue weighted by Gasteiger charge is 2.33. The number of likely N-dealkylation sites (tertiary alicyclic amines) is 1. The van der Waals surface area contributed by atoms with Crippen molar-refractivity contribution in [3.8, 4) is 0 Å². The van der Waals surface area contributed by atoms with E-state index >= 15 is 0 Å². The van der Waals surface area contributed by atoms with Crippen LogP contribution in [0.15, 0.2) is 0 Å². The molecule has 0 bridgehead atoms. The summed E-state index contributed by atoms with van der Waals surface area (Å²) in [6.45, 7) is 8.57. The summed E-state index contributed by atoms with van der Waals surface area (Å²) >= 11 is 0. The van der Waals surface area contributed by atoms with Crippen LogP contribution in [-0.4, -0.2) is 42.3 Å². The van der Waals surface area contributed by atoms with E-state index in [1.165, 1.54) is 19.3 Å². The van der Waals surface area contributed by atoms with Gasteiger partial charge in [0.05, 0.1) is 0 Å². The Morgan fingerprint density at radius 3 is 2.78 bits per heavy atom. The van der Waals surface area contributed by atoms with Gasteiger partial charge < -0.3 is 15.0 Å². The zero-order valence-corrected chi connectivity index (χ0v) is 11.9. The summed E-state index contributed by atoms with van der Waals surface area (Å²) in [5.74, 6) is 0.605. The molecule has 0 aromatic carbocycles. The molecule has 1 amide bonds. The van der Waals surface area contributed by atoms with Gasteiger partial charge in [-0.15, -0.1) is 0 Å². The molecule has 2 fully saturated rings. The third-order valence-corrected chi connectivity index (χ3v) is 3.79. The van der Waals surface area contributed by atoms with Crippen molar-refractivity contribution in [3.05, 3.63) is 0 Å². The lowest BCUT2D eigenvalue weighted by Crippen LogP contribution is -2.51. The van der Waals surface area contributed by atoms with Crippen LogP contribution < -0.4 is 5.32 Å². The highest BCUT2D eigenvalue weighted by molar-refractivity contribution is 5.68. The van der Waals surface area contributed by atoms with Crippen LogP contribution in [0.2, 0.25) is 0 Å². The predicted octanol–water partition coefficient (Wildman–Crippen LogP) is 2.39. The Balaban J connectivity index is 1.91. The first-order valence-corrected chi connectivity index (χ1v) is 7.17. The van der Waals surface area contributed by atoms with Crippen molar-refractivity contribution in [2.45, 2.75) is 58.1 Å². The Kier molecular flexibility index (Phi) is 4.15. The maximum atomic E-state index is 12.1. The van der Waals surface area contributed by atoms with Crippen LogP contribution in [0.1, 0.15) is 46.5 Å². The number of hydrogen-bond donors (Lipinski definition) is 1. The molecule has 0 aliphatic carbocycles. The number of carbonyl (C=O) groups is 1. The average molecular weight is 254 g/mol. The van der Waals surface area contributed by atoms with E-state index in [0.29, 0.717) is 12.0 Å². The fourth-order valence-electron chi connectivity index (χ4n) is 2.90. The molecule has 1 N–H and O–H groups in total. The second-order valence-electron chi connectivity index (χ2n) is 6.53. The van der Waals surface area contributed by atoms with E-state index in [0.717, 1.165) is 26.1 Å². The maximum Gasteiger partial charge on any atom is 0.410 e. The molecular weight excluding hydrogens is 228 g/mol. The lowest BCUT2D eigenvalue weighted by atomic mass is 9.89. The Morgan fingerprint density at radius 1 is 1.28 bits per heavy atom. The van der Waals surface area contributed by atoms with E-state index in [-0.39, 0.29) is 6.09 Å². The van der Waals surface area contributed by atoms with Crippen LogP contribution in [0.5, 0.6) is 0 Å². The summed E-state index contributed by atoms with van der Waals surface area (Å²) in [5.41, 5.74) is -0.393. The molecule has 0 aromatic rings. The van der Waals surface area contributed by atoms with E-state index < -0.39 is 5.60 Å². The SMILES string of the molecule is CC(C)(C)OC(=O)N1CC[C@H]2NCCCC[C@H]2C1. The normalized spacial score (nSPS) is 29.4. The van der Waals surface area contributed by atoms with Crippen molar-refractivity contribution < 1.29 is 9.53 Å². The van der Waals surface area contributed by atoms with Gasteiger partial charge in [0.1, 0.15) is 5.60 Å². The van der Waals surface area contributed by atoms with E-state index in [1.807, 2.05) is 25.7 Å². The molecule has 104 valence electrons. The largest absolute Gasteiger partial charge is 0.444 e. The number of rotatable bonds is 0. The molecule has 0 radical (unpaired) electrons. The molecule has 4 heteroatoms. The molecule has 0 spiro atoms. The first-order valence-electron chi connectivity index (χ1n) is 7.17. The number of amides is 1. The molecule has 2 aliphatic heterocycles. The fraction of sp³-hybridized carbons (Fsp3) is 0.929. The lowest BCUT2D eigenvalue weighted by molar-refractivity contribution is 0.0133. The van der Waals surface area contributed by atoms with Crippen molar-refractivity contribution in [1.82, 2.24) is 10.2 Å². The Labute approximate surface area is 110 Å². The minimum atomic E-state index is -0.393. The molecule has 2 rings (SSSR count). The molecule has 0 aromatic heterocycles. The van der Waals surface area contributed by atoms with Gasteiger partial charge in [-0.3, -0.25) is 0 Å². The molecule has 18 heavy (non-hydrogen) atoms. The topological polar surface area (TPSA) is 41.6 Å². The predicted molar refractivity (Wildman–Crippen MR) is 71.6 cm³/mol. The van der Waals surface area contributed by atoms with Gasteiger partial charge in [-0.25, -0.2) is 4.79 Å². The van der Waals surface area contributed by atoms with E-state index in [4.69, 9.17) is 4.74 Å². The lowest BCUT2D eigenvalue weighted by Gasteiger charge is -2.38. The highest BCUT2D eigenvalue weighted by atomic mass is 16.6. The molecule has 2 heterocycles. The van der Waals surface area contributed by atoms with Crippen LogP contribution in [0.4, 0.5) is 4.79 Å². The minimum absolute atomic E-state index is 0.148. The van der Waals surface area contributed by atoms with Crippen LogP contribution in [0.3, 0.4) is 0 Å². The quantitative estimate of drug-likeness (QED) is 0.721. The monoisotopic (exact) mass is 254 g/mol. The minimum Gasteiger partial charge on any atom is -0.444 e. The van der Waals surface area contributed by atoms with Gasteiger partial charge in [0.2, 0.25) is 0 Å². The number of fused-ring (bicyclic) bond motifs is 1. The summed E-state index contributed by atoms with van der Waals surface area (Å²) in [6.07, 6.45) is 4.68. The Bertz CT molecular complexity index is 299. The summed E-state index contributed by atoms with van der Waals surface area (Å²) in [6, 6.07) is 0.603. The van der Waals surface area contributed by atoms with E-state index in [9.17, 15) is 4.79 Å². The number of nitrogens with one attached hydrogen (secondary N) is 1. The van der Waals surface area contributed by atoms with Gasteiger partial charge in [-0.05, 0) is 52.5 Å². The molecule has 4 nitrogen and oxygen atoms in total. The Morgan fingerprint density at radius 2 is 2.06 bits per heavy atom. The van der Waals surface area contributed by atoms with Gasteiger partial charge in [0.25, 0.3) is 0 Å². The smallest absolute Gasteiger partial charge is 0.410 e. The summed E-state index contributed by atoms with van der Waals surface area (Å²) in [4.78, 5) is 13.9. The molecular formula is C14H26N2O2. The molecule has 2 aliphatic rings. The van der Waals surface area contributed by atoms with Gasteiger partial charge in [0, 0.05) is 19.1 Å². The third kappa shape index (κ3) is 3.61. The van der Waals surface area contributed by atoms with Crippen molar-refractivity contribution in [2.24, 2.45) is 5.92 Å². The fourth-order valence-corrected chi connectivity index (χ4v) is 2.90. The average Bonchev–Trinajstić information content (AvgIpc) is 2.50. The van der Waals surface area contributed by atoms with Crippen LogP contribution in [0.25, 0.3) is 0 Å². The number of ether oxygens (including phenoxy) is 1. The van der Waals surface area contributed by atoms with E-state index in [2.05, 4.69) is 5.32 Å². The third-order valence-electron chi connectivity index (χ3n) is 3.79. The molecule has 0 saturated carbocycles. The first kappa shape index (κ1) is 13.7. The highest BCUT2D eigenvalue weighted by Crippen LogP contribution is 2.25. The molecule has 2 saturated heterocycles. The van der Waals surface area contributed by atoms with Gasteiger partial charge >= 0.3 is 6.09 Å². The second-order valence-corrected chi connectivity index (χ2v) is 6.53. The second kappa shape index (κ2) is 5.47. The molecule has 2 atom stereocenters. The zero-order valence-electron chi connectivity index (χ0n) is 11.9. The van der Waals surface area contributed by atoms with Crippen molar-refractivity contribution in [2.75, 3.05) is 19.6 Å². The zero-order chi connectivity index (χ0) is 13.2. The van der Waals surface area contributed by atoms with Crippen molar-refractivity contribution >= 4 is 6.09 Å². The standard InChI is InChI=1S/C14H26N2O2/c1-14(2,3)18-13(17)16-9-7-12-11(10-16)6-4-5-8-15-12/h11-12,15H,4-10H2,1-3H3/t11-,12+/m0/s1. The van der Waals surface area contributed by atoms with Gasteiger partial charge in [-0.2, -0.15) is 0 Å². The van der Waals surface area contributed by atoms with Crippen LogP contribution in [0, 0.1) is 5.92 Å². The van der Waals surface area contributed by atoms with Gasteiger partial charge in [0.15, 0.2) is 0 Å². The summed E-state index contributed by atoms with van der Waals surface area (Å²) in [7, 11) is 0. The number of carbonyl (C=O) groups excluding carboxylic acids is 1. The number of nitrogens with zero attached hydrogens (tertiary/aromatic N) is 1. The summed E-state index contributed by atoms with van der Waals surface area (Å²) < 4.78 is 5.45. The number of hydrogen-bond acceptors (Lipinski definition) is 3. The maximum absolute atomic E-state index is 12.1. The van der Waals surface area contributed by atoms with Crippen LogP contribution in [-0.2, 0) is 4.74 Å². The summed E-state index contributed by atoms with van der Waals surface area (Å²) in [5, 5.41) is 3.61. The first-order chi connectivity index (χ1) is 8.46. The number of piperidine rings is 1. The Hall–Kier alpha value is -0.770. The van der Waals surface area contributed by atoms with E-state index in [1.54, 1.807) is 0 Å². The van der Waals surface area contributed by atoms with Crippen LogP contribution >= 0.6 is 0 Å². The van der Waals surface area contributed by atoms with Gasteiger partial charge in [-0.1, -0.05) is 6.42 Å².